The number of amides is 1. The van der Waals surface area contributed by atoms with Crippen LogP contribution in [0.25, 0.3) is 0 Å². The highest BCUT2D eigenvalue weighted by molar-refractivity contribution is 7.91. The lowest BCUT2D eigenvalue weighted by molar-refractivity contribution is -0.138. The van der Waals surface area contributed by atoms with Crippen LogP contribution in [-0.4, -0.2) is 42.3 Å². The standard InChI is InChI=1S/C29H32F3N5O2S/c1-27(8-5-9-27)33-15-18-10-22-23(24(11-18)29(30,31)32)16-37(25(22)38)20-7-4-6-19(12-20)28(13-21(14-28)40(3)39)26-35-34-17-36(26)2/h4,6-7,10-12,17,21,33H,5,8-9,13-16H2,1-3H3/t21-,28+,40-/m0/s1. The number of aryl methyl sites for hydroxylation is 1. The monoisotopic (exact) mass is 571 g/mol. The van der Waals surface area contributed by atoms with Gasteiger partial charge in [0, 0.05) is 43.2 Å². The molecule has 0 saturated heterocycles. The van der Waals surface area contributed by atoms with Crippen molar-refractivity contribution in [2.45, 2.75) is 74.5 Å². The number of carbonyl (C=O) groups is 1. The van der Waals surface area contributed by atoms with Crippen LogP contribution in [0.4, 0.5) is 18.9 Å². The zero-order valence-corrected chi connectivity index (χ0v) is 23.5. The van der Waals surface area contributed by atoms with Crippen molar-refractivity contribution in [2.24, 2.45) is 7.05 Å². The third-order valence-electron chi connectivity index (χ3n) is 9.05. The number of fused-ring (bicyclic) bond motifs is 1. The maximum Gasteiger partial charge on any atom is 0.416 e. The molecule has 2 heterocycles. The molecule has 0 radical (unpaired) electrons. The topological polar surface area (TPSA) is 86.1 Å². The SMILES string of the molecule is Cn1cnnc1[C@]1(c2cccc(N3Cc4c(cc(CNC5(C)CCC5)cc4C(F)(F)F)C3=O)c2)C[C@H]([S@+](C)[O-])C1. The summed E-state index contributed by atoms with van der Waals surface area (Å²) in [6, 6.07) is 10.2. The van der Waals surface area contributed by atoms with Crippen molar-refractivity contribution in [2.75, 3.05) is 11.2 Å². The van der Waals surface area contributed by atoms with Crippen molar-refractivity contribution in [1.82, 2.24) is 20.1 Å². The van der Waals surface area contributed by atoms with Crippen LogP contribution in [0, 0.1) is 0 Å². The molecule has 0 unspecified atom stereocenters. The van der Waals surface area contributed by atoms with Crippen molar-refractivity contribution < 1.29 is 22.5 Å². The molecule has 2 aliphatic carbocycles. The fourth-order valence-corrected chi connectivity index (χ4v) is 7.46. The van der Waals surface area contributed by atoms with Crippen molar-refractivity contribution >= 4 is 22.8 Å². The molecule has 3 aliphatic rings. The molecule has 2 aromatic carbocycles. The molecule has 40 heavy (non-hydrogen) atoms. The number of hydrogen-bond acceptors (Lipinski definition) is 5. The first-order valence-corrected chi connectivity index (χ1v) is 15.1. The summed E-state index contributed by atoms with van der Waals surface area (Å²) in [5, 5.41) is 11.8. The van der Waals surface area contributed by atoms with E-state index < -0.39 is 34.2 Å². The van der Waals surface area contributed by atoms with Crippen LogP contribution in [0.15, 0.2) is 42.7 Å². The fourth-order valence-electron chi connectivity index (χ4n) is 6.42. The van der Waals surface area contributed by atoms with E-state index in [0.29, 0.717) is 24.1 Å². The van der Waals surface area contributed by atoms with E-state index >= 15 is 0 Å². The van der Waals surface area contributed by atoms with E-state index in [9.17, 15) is 22.5 Å². The summed E-state index contributed by atoms with van der Waals surface area (Å²) in [5.41, 5.74) is 0.599. The van der Waals surface area contributed by atoms with Gasteiger partial charge in [0.2, 0.25) is 0 Å². The number of aromatic nitrogens is 3. The molecule has 1 N–H and O–H groups in total. The molecule has 0 spiro atoms. The van der Waals surface area contributed by atoms with E-state index in [-0.39, 0.29) is 35.0 Å². The van der Waals surface area contributed by atoms with Crippen LogP contribution >= 0.6 is 0 Å². The van der Waals surface area contributed by atoms with E-state index in [1.165, 1.54) is 11.0 Å². The maximum atomic E-state index is 14.2. The van der Waals surface area contributed by atoms with Gasteiger partial charge in [-0.2, -0.15) is 13.2 Å². The minimum absolute atomic E-state index is 0.00148. The molecule has 1 atom stereocenters. The summed E-state index contributed by atoms with van der Waals surface area (Å²) in [6.07, 6.45) is 3.01. The van der Waals surface area contributed by atoms with Gasteiger partial charge in [0.15, 0.2) is 0 Å². The Labute approximate surface area is 234 Å². The van der Waals surface area contributed by atoms with Gasteiger partial charge in [0.05, 0.1) is 23.8 Å². The highest BCUT2D eigenvalue weighted by Gasteiger charge is 2.54. The predicted octanol–water partition coefficient (Wildman–Crippen LogP) is 4.85. The summed E-state index contributed by atoms with van der Waals surface area (Å²) >= 11 is -1.00. The molecule has 1 amide bonds. The first-order valence-electron chi connectivity index (χ1n) is 13.5. The molecule has 0 bridgehead atoms. The van der Waals surface area contributed by atoms with Crippen molar-refractivity contribution in [1.29, 1.82) is 0 Å². The number of anilines is 1. The molecule has 6 rings (SSSR count). The Morgan fingerprint density at radius 1 is 1.20 bits per heavy atom. The normalized spacial score (nSPS) is 24.4. The molecule has 2 fully saturated rings. The second kappa shape index (κ2) is 9.60. The predicted molar refractivity (Wildman–Crippen MR) is 146 cm³/mol. The summed E-state index contributed by atoms with van der Waals surface area (Å²) in [7, 11) is 1.86. The third-order valence-corrected chi connectivity index (χ3v) is 10.3. The fraction of sp³-hybridized carbons (Fsp3) is 0.483. The summed E-state index contributed by atoms with van der Waals surface area (Å²) < 4.78 is 56.7. The van der Waals surface area contributed by atoms with Crippen molar-refractivity contribution in [3.05, 3.63) is 76.4 Å². The number of alkyl halides is 3. The van der Waals surface area contributed by atoms with E-state index in [4.69, 9.17) is 0 Å². The molecule has 2 saturated carbocycles. The minimum Gasteiger partial charge on any atom is -0.616 e. The zero-order chi connectivity index (χ0) is 28.4. The van der Waals surface area contributed by atoms with Gasteiger partial charge in [-0.1, -0.05) is 23.3 Å². The van der Waals surface area contributed by atoms with Gasteiger partial charge in [-0.25, -0.2) is 0 Å². The van der Waals surface area contributed by atoms with Crippen molar-refractivity contribution in [3.63, 3.8) is 0 Å². The van der Waals surface area contributed by atoms with Crippen LogP contribution in [0.3, 0.4) is 0 Å². The Hall–Kier alpha value is -2.89. The summed E-state index contributed by atoms with van der Waals surface area (Å²) in [4.78, 5) is 15.1. The highest BCUT2D eigenvalue weighted by atomic mass is 32.2. The lowest BCUT2D eigenvalue weighted by atomic mass is 9.63. The molecule has 212 valence electrons. The third kappa shape index (κ3) is 4.52. The Bertz CT molecular complexity index is 1460. The van der Waals surface area contributed by atoms with Crippen LogP contribution in [-0.2, 0) is 42.9 Å². The highest BCUT2D eigenvalue weighted by Crippen LogP contribution is 2.51. The van der Waals surface area contributed by atoms with Crippen LogP contribution in [0.1, 0.15) is 77.5 Å². The smallest absolute Gasteiger partial charge is 0.416 e. The number of halogens is 3. The van der Waals surface area contributed by atoms with Gasteiger partial charge in [0.25, 0.3) is 5.91 Å². The number of hydrogen-bond donors (Lipinski definition) is 1. The first kappa shape index (κ1) is 27.3. The lowest BCUT2D eigenvalue weighted by Gasteiger charge is -2.46. The van der Waals surface area contributed by atoms with Gasteiger partial charge in [-0.3, -0.25) is 4.79 Å². The average Bonchev–Trinajstić information content (AvgIpc) is 3.43. The van der Waals surface area contributed by atoms with Gasteiger partial charge in [0.1, 0.15) is 17.4 Å². The average molecular weight is 572 g/mol. The zero-order valence-electron chi connectivity index (χ0n) is 22.7. The number of benzene rings is 2. The number of carbonyl (C=O) groups excluding carboxylic acids is 1. The second-order valence-corrected chi connectivity index (χ2v) is 13.4. The lowest BCUT2D eigenvalue weighted by Crippen LogP contribution is -2.50. The van der Waals surface area contributed by atoms with Gasteiger partial charge >= 0.3 is 6.18 Å². The van der Waals surface area contributed by atoms with Crippen molar-refractivity contribution in [3.8, 4) is 0 Å². The Morgan fingerprint density at radius 3 is 2.55 bits per heavy atom. The quantitative estimate of drug-likeness (QED) is 0.410. The van der Waals surface area contributed by atoms with Gasteiger partial charge < -0.3 is 19.3 Å². The number of rotatable bonds is 7. The van der Waals surface area contributed by atoms with Gasteiger partial charge in [-0.15, -0.1) is 10.2 Å². The van der Waals surface area contributed by atoms with Gasteiger partial charge in [-0.05, 0) is 67.1 Å². The summed E-state index contributed by atoms with van der Waals surface area (Å²) in [5.74, 6) is 0.294. The maximum absolute atomic E-state index is 14.2. The largest absolute Gasteiger partial charge is 0.616 e. The van der Waals surface area contributed by atoms with E-state index in [2.05, 4.69) is 22.4 Å². The number of nitrogens with one attached hydrogen (secondary N) is 1. The number of nitrogens with zero attached hydrogens (tertiary/aromatic N) is 4. The van der Waals surface area contributed by atoms with Crippen LogP contribution in [0.5, 0.6) is 0 Å². The molecular weight excluding hydrogens is 539 g/mol. The Balaban J connectivity index is 1.34. The molecule has 7 nitrogen and oxygen atoms in total. The Morgan fingerprint density at radius 2 is 1.95 bits per heavy atom. The van der Waals surface area contributed by atoms with E-state index in [0.717, 1.165) is 30.7 Å². The van der Waals surface area contributed by atoms with E-state index in [1.54, 1.807) is 24.7 Å². The van der Waals surface area contributed by atoms with Crippen LogP contribution < -0.4 is 10.2 Å². The molecule has 3 aromatic rings. The molecular formula is C29H32F3N5O2S. The second-order valence-electron chi connectivity index (χ2n) is 11.8. The first-order chi connectivity index (χ1) is 18.9. The molecule has 1 aromatic heterocycles. The van der Waals surface area contributed by atoms with E-state index in [1.807, 2.05) is 29.8 Å². The summed E-state index contributed by atoms with van der Waals surface area (Å²) in [6.45, 7) is 2.19. The molecule has 1 aliphatic heterocycles. The van der Waals surface area contributed by atoms with Crippen LogP contribution in [0.2, 0.25) is 0 Å². The minimum atomic E-state index is -4.58. The molecule has 11 heteroatoms. The Kier molecular flexibility index (Phi) is 6.55.